The lowest BCUT2D eigenvalue weighted by molar-refractivity contribution is -0.121. The summed E-state index contributed by atoms with van der Waals surface area (Å²) in [5.74, 6) is -0.902. The van der Waals surface area contributed by atoms with Crippen molar-refractivity contribution < 1.29 is 17.6 Å². The predicted molar refractivity (Wildman–Crippen MR) is 100.0 cm³/mol. The molecule has 0 aromatic heterocycles. The number of hydrogen-bond donors (Lipinski definition) is 1. The Hall–Kier alpha value is -1.67. The second kappa shape index (κ2) is 8.81. The van der Waals surface area contributed by atoms with Crippen LogP contribution < -0.4 is 5.32 Å². The number of carbonyl (C=O) groups is 1. The fourth-order valence-corrected chi connectivity index (χ4v) is 3.37. The minimum absolute atomic E-state index is 0.0335. The Morgan fingerprint density at radius 1 is 1.15 bits per heavy atom. The van der Waals surface area contributed by atoms with Crippen LogP contribution in [0.25, 0.3) is 0 Å². The number of halogens is 3. The van der Waals surface area contributed by atoms with E-state index in [-0.39, 0.29) is 19.6 Å². The van der Waals surface area contributed by atoms with Crippen molar-refractivity contribution in [2.75, 3.05) is 12.8 Å². The number of rotatable bonds is 7. The first-order valence-corrected chi connectivity index (χ1v) is 10.2. The van der Waals surface area contributed by atoms with E-state index in [1.807, 2.05) is 0 Å². The van der Waals surface area contributed by atoms with Gasteiger partial charge in [0.2, 0.25) is 15.9 Å². The standard InChI is InChI=1S/C17H17Cl2FN2O3S/c1-26(24,25)22(10-12-2-6-15(20)7-3-12)11-17(23)21-9-13-4-5-14(18)8-16(13)19/h2-8H,9-11H2,1H3,(H,21,23). The average Bonchev–Trinajstić information content (AvgIpc) is 2.54. The van der Waals surface area contributed by atoms with Crippen LogP contribution in [0.3, 0.4) is 0 Å². The van der Waals surface area contributed by atoms with Gasteiger partial charge >= 0.3 is 0 Å². The predicted octanol–water partition coefficient (Wildman–Crippen LogP) is 3.21. The van der Waals surface area contributed by atoms with Crippen molar-refractivity contribution in [3.8, 4) is 0 Å². The molecule has 0 fully saturated rings. The van der Waals surface area contributed by atoms with Crippen LogP contribution in [0, 0.1) is 5.82 Å². The van der Waals surface area contributed by atoms with Gasteiger partial charge in [-0.15, -0.1) is 0 Å². The lowest BCUT2D eigenvalue weighted by Crippen LogP contribution is -2.39. The third-order valence-corrected chi connectivity index (χ3v) is 5.34. The van der Waals surface area contributed by atoms with Gasteiger partial charge in [0.25, 0.3) is 0 Å². The van der Waals surface area contributed by atoms with Gasteiger partial charge in [0.15, 0.2) is 0 Å². The second-order valence-electron chi connectivity index (χ2n) is 5.67. The monoisotopic (exact) mass is 418 g/mol. The van der Waals surface area contributed by atoms with E-state index in [2.05, 4.69) is 5.32 Å². The highest BCUT2D eigenvalue weighted by atomic mass is 35.5. The van der Waals surface area contributed by atoms with Crippen molar-refractivity contribution in [2.24, 2.45) is 0 Å². The highest BCUT2D eigenvalue weighted by Gasteiger charge is 2.20. The maximum Gasteiger partial charge on any atom is 0.235 e. The summed E-state index contributed by atoms with van der Waals surface area (Å²) < 4.78 is 37.9. The lowest BCUT2D eigenvalue weighted by Gasteiger charge is -2.19. The summed E-state index contributed by atoms with van der Waals surface area (Å²) in [5.41, 5.74) is 1.24. The molecule has 0 bridgehead atoms. The van der Waals surface area contributed by atoms with E-state index in [0.717, 1.165) is 10.6 Å². The molecule has 0 aliphatic heterocycles. The fourth-order valence-electron chi connectivity index (χ4n) is 2.16. The number of benzene rings is 2. The summed E-state index contributed by atoms with van der Waals surface area (Å²) in [6.07, 6.45) is 1.01. The summed E-state index contributed by atoms with van der Waals surface area (Å²) in [6, 6.07) is 10.3. The molecule has 2 aromatic rings. The summed E-state index contributed by atoms with van der Waals surface area (Å²) in [6.45, 7) is -0.251. The minimum atomic E-state index is -3.63. The van der Waals surface area contributed by atoms with Crippen molar-refractivity contribution in [1.82, 2.24) is 9.62 Å². The summed E-state index contributed by atoms with van der Waals surface area (Å²) in [5, 5.41) is 3.51. The molecule has 140 valence electrons. The van der Waals surface area contributed by atoms with Crippen molar-refractivity contribution >= 4 is 39.1 Å². The molecule has 5 nitrogen and oxygen atoms in total. The van der Waals surface area contributed by atoms with Gasteiger partial charge in [0, 0.05) is 23.1 Å². The maximum absolute atomic E-state index is 13.0. The molecule has 0 atom stereocenters. The Balaban J connectivity index is 2.01. The zero-order valence-electron chi connectivity index (χ0n) is 13.9. The van der Waals surface area contributed by atoms with E-state index in [1.54, 1.807) is 18.2 Å². The summed E-state index contributed by atoms with van der Waals surface area (Å²) in [7, 11) is -3.63. The molecule has 0 saturated carbocycles. The van der Waals surface area contributed by atoms with Gasteiger partial charge in [-0.25, -0.2) is 12.8 Å². The molecule has 2 rings (SSSR count). The molecule has 0 unspecified atom stereocenters. The van der Waals surface area contributed by atoms with Crippen LogP contribution in [0.2, 0.25) is 10.0 Å². The van der Waals surface area contributed by atoms with Gasteiger partial charge in [0.1, 0.15) is 5.82 Å². The van der Waals surface area contributed by atoms with E-state index in [0.29, 0.717) is 21.2 Å². The van der Waals surface area contributed by atoms with E-state index in [9.17, 15) is 17.6 Å². The number of amides is 1. The molecule has 9 heteroatoms. The number of carbonyl (C=O) groups excluding carboxylic acids is 1. The molecule has 0 heterocycles. The molecule has 0 spiro atoms. The maximum atomic E-state index is 13.0. The third-order valence-electron chi connectivity index (χ3n) is 3.55. The van der Waals surface area contributed by atoms with Crippen LogP contribution in [-0.4, -0.2) is 31.4 Å². The molecule has 26 heavy (non-hydrogen) atoms. The number of nitrogens with zero attached hydrogens (tertiary/aromatic N) is 1. The Bertz CT molecular complexity index is 889. The lowest BCUT2D eigenvalue weighted by atomic mass is 10.2. The Morgan fingerprint density at radius 3 is 2.38 bits per heavy atom. The van der Waals surface area contributed by atoms with Crippen LogP contribution in [-0.2, 0) is 27.9 Å². The average molecular weight is 419 g/mol. The number of nitrogens with one attached hydrogen (secondary N) is 1. The molecule has 0 radical (unpaired) electrons. The SMILES string of the molecule is CS(=O)(=O)N(CC(=O)NCc1ccc(Cl)cc1Cl)Cc1ccc(F)cc1. The smallest absolute Gasteiger partial charge is 0.235 e. The Labute approximate surface area is 161 Å². The van der Waals surface area contributed by atoms with Crippen molar-refractivity contribution in [2.45, 2.75) is 13.1 Å². The van der Waals surface area contributed by atoms with Crippen LogP contribution in [0.15, 0.2) is 42.5 Å². The topological polar surface area (TPSA) is 66.5 Å². The van der Waals surface area contributed by atoms with Crippen molar-refractivity contribution in [3.63, 3.8) is 0 Å². The fraction of sp³-hybridized carbons (Fsp3) is 0.235. The minimum Gasteiger partial charge on any atom is -0.351 e. The van der Waals surface area contributed by atoms with E-state index in [4.69, 9.17) is 23.2 Å². The zero-order valence-corrected chi connectivity index (χ0v) is 16.2. The third kappa shape index (κ3) is 6.25. The van der Waals surface area contributed by atoms with Gasteiger partial charge < -0.3 is 5.32 Å². The first-order chi connectivity index (χ1) is 12.1. The molecule has 2 aromatic carbocycles. The molecule has 0 saturated heterocycles. The quantitative estimate of drug-likeness (QED) is 0.750. The van der Waals surface area contributed by atoms with E-state index in [1.165, 1.54) is 24.3 Å². The molecular formula is C17H17Cl2FN2O3S. The normalized spacial score (nSPS) is 11.6. The molecule has 0 aliphatic carbocycles. The van der Waals surface area contributed by atoms with Crippen molar-refractivity contribution in [3.05, 3.63) is 69.5 Å². The van der Waals surface area contributed by atoms with Gasteiger partial charge in [-0.2, -0.15) is 4.31 Å². The van der Waals surface area contributed by atoms with Gasteiger partial charge in [-0.1, -0.05) is 41.4 Å². The van der Waals surface area contributed by atoms with Crippen molar-refractivity contribution in [1.29, 1.82) is 0 Å². The summed E-state index contributed by atoms with van der Waals surface area (Å²) >= 11 is 11.9. The largest absolute Gasteiger partial charge is 0.351 e. The second-order valence-corrected chi connectivity index (χ2v) is 8.50. The summed E-state index contributed by atoms with van der Waals surface area (Å²) in [4.78, 5) is 12.1. The first-order valence-electron chi connectivity index (χ1n) is 7.55. The highest BCUT2D eigenvalue weighted by Crippen LogP contribution is 2.20. The molecular weight excluding hydrogens is 402 g/mol. The highest BCUT2D eigenvalue weighted by molar-refractivity contribution is 7.88. The molecule has 1 N–H and O–H groups in total. The van der Waals surface area contributed by atoms with Crippen LogP contribution in [0.5, 0.6) is 0 Å². The van der Waals surface area contributed by atoms with Crippen LogP contribution >= 0.6 is 23.2 Å². The van der Waals surface area contributed by atoms with Gasteiger partial charge in [-0.3, -0.25) is 4.79 Å². The number of sulfonamides is 1. The zero-order chi connectivity index (χ0) is 19.3. The van der Waals surface area contributed by atoms with Gasteiger partial charge in [0.05, 0.1) is 12.8 Å². The van der Waals surface area contributed by atoms with Gasteiger partial charge in [-0.05, 0) is 35.4 Å². The first kappa shape index (κ1) is 20.6. The van der Waals surface area contributed by atoms with E-state index < -0.39 is 21.7 Å². The Kier molecular flexibility index (Phi) is 7.00. The molecule has 0 aliphatic rings. The van der Waals surface area contributed by atoms with Crippen LogP contribution in [0.4, 0.5) is 4.39 Å². The van der Waals surface area contributed by atoms with Crippen LogP contribution in [0.1, 0.15) is 11.1 Å². The Morgan fingerprint density at radius 2 is 1.81 bits per heavy atom. The molecule has 1 amide bonds. The van der Waals surface area contributed by atoms with E-state index >= 15 is 0 Å². The number of hydrogen-bond acceptors (Lipinski definition) is 3.